The first-order valence-corrected chi connectivity index (χ1v) is 5.87. The van der Waals surface area contributed by atoms with E-state index < -0.39 is 0 Å². The molecule has 2 saturated heterocycles. The highest BCUT2D eigenvalue weighted by Crippen LogP contribution is 2.23. The van der Waals surface area contributed by atoms with Crippen molar-refractivity contribution in [2.45, 2.75) is 44.2 Å². The Morgan fingerprint density at radius 3 is 2.93 bits per heavy atom. The van der Waals surface area contributed by atoms with Crippen LogP contribution in [0.5, 0.6) is 0 Å². The average Bonchev–Trinajstić information content (AvgIpc) is 2.47. The lowest BCUT2D eigenvalue weighted by Crippen LogP contribution is -2.46. The van der Waals surface area contributed by atoms with Gasteiger partial charge in [-0.25, -0.2) is 0 Å². The van der Waals surface area contributed by atoms with Crippen LogP contribution in [0.4, 0.5) is 0 Å². The van der Waals surface area contributed by atoms with Gasteiger partial charge in [-0.15, -0.1) is 0 Å². The molecule has 0 amide bonds. The van der Waals surface area contributed by atoms with E-state index in [9.17, 15) is 5.11 Å². The first-order chi connectivity index (χ1) is 6.88. The molecule has 3 nitrogen and oxygen atoms in total. The molecular weight excluding hydrogens is 178 g/mol. The highest BCUT2D eigenvalue weighted by Gasteiger charge is 2.31. The van der Waals surface area contributed by atoms with E-state index in [0.717, 1.165) is 26.2 Å². The van der Waals surface area contributed by atoms with Crippen LogP contribution in [0.25, 0.3) is 0 Å². The van der Waals surface area contributed by atoms with Crippen molar-refractivity contribution in [2.24, 2.45) is 5.92 Å². The summed E-state index contributed by atoms with van der Waals surface area (Å²) >= 11 is 0. The Morgan fingerprint density at radius 1 is 1.14 bits per heavy atom. The van der Waals surface area contributed by atoms with E-state index in [-0.39, 0.29) is 6.10 Å². The smallest absolute Gasteiger partial charge is 0.0627 e. The Bertz CT molecular complexity index is 167. The molecule has 0 aromatic carbocycles. The number of aliphatic hydroxyl groups is 1. The number of nitrogens with one attached hydrogen (secondary N) is 1. The third-order valence-corrected chi connectivity index (χ3v) is 3.48. The molecule has 2 rings (SSSR count). The highest BCUT2D eigenvalue weighted by molar-refractivity contribution is 4.85. The van der Waals surface area contributed by atoms with Gasteiger partial charge in [0.15, 0.2) is 0 Å². The van der Waals surface area contributed by atoms with E-state index in [1.165, 1.54) is 25.7 Å². The SMILES string of the molecule is OC1CCOCC1C1CCCCCN1. The molecule has 0 saturated carbocycles. The van der Waals surface area contributed by atoms with Gasteiger partial charge >= 0.3 is 0 Å². The second-order valence-corrected chi connectivity index (χ2v) is 4.50. The van der Waals surface area contributed by atoms with Crippen molar-refractivity contribution >= 4 is 0 Å². The standard InChI is InChI=1S/C11H21NO2/c13-11-5-7-14-8-9(11)10-4-2-1-3-6-12-10/h9-13H,1-8H2. The largest absolute Gasteiger partial charge is 0.393 e. The van der Waals surface area contributed by atoms with Crippen molar-refractivity contribution in [3.63, 3.8) is 0 Å². The van der Waals surface area contributed by atoms with Crippen molar-refractivity contribution in [1.82, 2.24) is 5.32 Å². The lowest BCUT2D eigenvalue weighted by atomic mass is 9.88. The van der Waals surface area contributed by atoms with Crippen molar-refractivity contribution in [2.75, 3.05) is 19.8 Å². The van der Waals surface area contributed by atoms with Crippen LogP contribution < -0.4 is 5.32 Å². The Labute approximate surface area is 85.8 Å². The molecule has 2 heterocycles. The van der Waals surface area contributed by atoms with E-state index in [4.69, 9.17) is 4.74 Å². The van der Waals surface area contributed by atoms with Gasteiger partial charge in [-0.1, -0.05) is 12.8 Å². The maximum absolute atomic E-state index is 9.89. The van der Waals surface area contributed by atoms with E-state index in [0.29, 0.717) is 12.0 Å². The lowest BCUT2D eigenvalue weighted by molar-refractivity contribution is -0.0493. The van der Waals surface area contributed by atoms with Crippen molar-refractivity contribution in [3.05, 3.63) is 0 Å². The Balaban J connectivity index is 1.90. The quantitative estimate of drug-likeness (QED) is 0.660. The zero-order chi connectivity index (χ0) is 9.80. The second kappa shape index (κ2) is 5.10. The maximum atomic E-state index is 9.89. The topological polar surface area (TPSA) is 41.5 Å². The van der Waals surface area contributed by atoms with Crippen molar-refractivity contribution < 1.29 is 9.84 Å². The number of hydrogen-bond acceptors (Lipinski definition) is 3. The van der Waals surface area contributed by atoms with Crippen molar-refractivity contribution in [1.29, 1.82) is 0 Å². The first kappa shape index (κ1) is 10.4. The van der Waals surface area contributed by atoms with Crippen LogP contribution >= 0.6 is 0 Å². The molecule has 0 aromatic heterocycles. The molecule has 82 valence electrons. The normalized spacial score (nSPS) is 40.5. The zero-order valence-corrected chi connectivity index (χ0v) is 8.74. The Kier molecular flexibility index (Phi) is 3.79. The van der Waals surface area contributed by atoms with E-state index in [1.54, 1.807) is 0 Å². The molecule has 2 fully saturated rings. The zero-order valence-electron chi connectivity index (χ0n) is 8.74. The fraction of sp³-hybridized carbons (Fsp3) is 1.00. The first-order valence-electron chi connectivity index (χ1n) is 5.87. The monoisotopic (exact) mass is 199 g/mol. The van der Waals surface area contributed by atoms with Gasteiger partial charge in [0, 0.05) is 18.6 Å². The summed E-state index contributed by atoms with van der Waals surface area (Å²) in [6.07, 6.45) is 5.75. The molecule has 3 unspecified atom stereocenters. The van der Waals surface area contributed by atoms with Crippen LogP contribution in [0.1, 0.15) is 32.1 Å². The molecule has 0 radical (unpaired) electrons. The highest BCUT2D eigenvalue weighted by atomic mass is 16.5. The van der Waals surface area contributed by atoms with Gasteiger partial charge in [-0.3, -0.25) is 0 Å². The Morgan fingerprint density at radius 2 is 2.07 bits per heavy atom. The molecule has 3 atom stereocenters. The fourth-order valence-corrected chi connectivity index (χ4v) is 2.55. The minimum absolute atomic E-state index is 0.153. The molecular formula is C11H21NO2. The molecule has 2 aliphatic rings. The number of aliphatic hydroxyl groups excluding tert-OH is 1. The average molecular weight is 199 g/mol. The Hall–Kier alpha value is -0.120. The van der Waals surface area contributed by atoms with Crippen LogP contribution in [0, 0.1) is 5.92 Å². The lowest BCUT2D eigenvalue weighted by Gasteiger charge is -2.34. The van der Waals surface area contributed by atoms with Gasteiger partial charge in [0.25, 0.3) is 0 Å². The van der Waals surface area contributed by atoms with Gasteiger partial charge in [-0.2, -0.15) is 0 Å². The third kappa shape index (κ3) is 2.47. The minimum atomic E-state index is -0.153. The summed E-state index contributed by atoms with van der Waals surface area (Å²) in [6, 6.07) is 0.479. The second-order valence-electron chi connectivity index (χ2n) is 4.50. The van der Waals surface area contributed by atoms with Gasteiger partial charge in [-0.05, 0) is 25.8 Å². The van der Waals surface area contributed by atoms with E-state index >= 15 is 0 Å². The van der Waals surface area contributed by atoms with Gasteiger partial charge in [0.1, 0.15) is 0 Å². The number of rotatable bonds is 1. The summed E-state index contributed by atoms with van der Waals surface area (Å²) in [6.45, 7) is 2.57. The fourth-order valence-electron chi connectivity index (χ4n) is 2.55. The van der Waals surface area contributed by atoms with Crippen molar-refractivity contribution in [3.8, 4) is 0 Å². The van der Waals surface area contributed by atoms with Gasteiger partial charge in [0.2, 0.25) is 0 Å². The van der Waals surface area contributed by atoms with Gasteiger partial charge < -0.3 is 15.2 Å². The summed E-state index contributed by atoms with van der Waals surface area (Å²) in [5.41, 5.74) is 0. The van der Waals surface area contributed by atoms with Gasteiger partial charge in [0.05, 0.1) is 12.7 Å². The molecule has 3 heteroatoms. The molecule has 0 aromatic rings. The summed E-state index contributed by atoms with van der Waals surface area (Å²) in [7, 11) is 0. The van der Waals surface area contributed by atoms with Crippen LogP contribution in [-0.4, -0.2) is 37.0 Å². The van der Waals surface area contributed by atoms with Crippen LogP contribution in [0.3, 0.4) is 0 Å². The third-order valence-electron chi connectivity index (χ3n) is 3.48. The summed E-state index contributed by atoms with van der Waals surface area (Å²) in [4.78, 5) is 0. The number of ether oxygens (including phenoxy) is 1. The molecule has 0 bridgehead atoms. The summed E-state index contributed by atoms with van der Waals surface area (Å²) in [5.74, 6) is 0.321. The van der Waals surface area contributed by atoms with Crippen LogP contribution in [-0.2, 0) is 4.74 Å². The maximum Gasteiger partial charge on any atom is 0.0627 e. The van der Waals surface area contributed by atoms with Crippen LogP contribution in [0.2, 0.25) is 0 Å². The minimum Gasteiger partial charge on any atom is -0.393 e. The predicted molar refractivity (Wildman–Crippen MR) is 55.2 cm³/mol. The van der Waals surface area contributed by atoms with Crippen LogP contribution in [0.15, 0.2) is 0 Å². The molecule has 2 N–H and O–H groups in total. The molecule has 2 aliphatic heterocycles. The van der Waals surface area contributed by atoms with E-state index in [2.05, 4.69) is 5.32 Å². The number of hydrogen-bond donors (Lipinski definition) is 2. The molecule has 0 aliphatic carbocycles. The molecule has 0 spiro atoms. The summed E-state index contributed by atoms with van der Waals surface area (Å²) < 4.78 is 5.45. The molecule has 14 heavy (non-hydrogen) atoms. The van der Waals surface area contributed by atoms with E-state index in [1.807, 2.05) is 0 Å². The predicted octanol–water partition coefficient (Wildman–Crippen LogP) is 0.916. The summed E-state index contributed by atoms with van der Waals surface area (Å²) in [5, 5.41) is 13.4.